The Morgan fingerprint density at radius 2 is 2.00 bits per heavy atom. The fraction of sp³-hybridized carbons (Fsp3) is 0.0769. The predicted octanol–water partition coefficient (Wildman–Crippen LogP) is 2.80. The van der Waals surface area contributed by atoms with Gasteiger partial charge in [0.1, 0.15) is 11.3 Å². The summed E-state index contributed by atoms with van der Waals surface area (Å²) in [4.78, 5) is 8.66. The average molecular weight is 210 g/mol. The monoisotopic (exact) mass is 210 g/mol. The van der Waals surface area contributed by atoms with Crippen LogP contribution in [0.3, 0.4) is 0 Å². The Bertz CT molecular complexity index is 692. The normalized spacial score (nSPS) is 11.1. The molecule has 0 aliphatic heterocycles. The largest absolute Gasteiger partial charge is 0.506 e. The molecule has 3 aromatic rings. The van der Waals surface area contributed by atoms with E-state index in [0.717, 1.165) is 22.0 Å². The van der Waals surface area contributed by atoms with Crippen LogP contribution in [0.5, 0.6) is 5.75 Å². The molecule has 0 atom stereocenters. The summed E-state index contributed by atoms with van der Waals surface area (Å²) in [6.45, 7) is 1.90. The molecule has 3 nitrogen and oxygen atoms in total. The van der Waals surface area contributed by atoms with Gasteiger partial charge in [0.2, 0.25) is 0 Å². The minimum atomic E-state index is 0.208. The van der Waals surface area contributed by atoms with E-state index >= 15 is 0 Å². The van der Waals surface area contributed by atoms with Crippen molar-refractivity contribution < 1.29 is 5.11 Å². The molecule has 3 rings (SSSR count). The van der Waals surface area contributed by atoms with Crippen LogP contribution in [0.1, 0.15) is 5.69 Å². The van der Waals surface area contributed by atoms with Gasteiger partial charge in [0.15, 0.2) is 0 Å². The molecule has 3 heteroatoms. The molecule has 0 saturated carbocycles. The molecule has 0 bridgehead atoms. The fourth-order valence-electron chi connectivity index (χ4n) is 1.92. The van der Waals surface area contributed by atoms with Crippen molar-refractivity contribution in [2.24, 2.45) is 0 Å². The Morgan fingerprint density at radius 3 is 2.88 bits per heavy atom. The Kier molecular flexibility index (Phi) is 1.80. The van der Waals surface area contributed by atoms with Gasteiger partial charge < -0.3 is 5.11 Å². The maximum absolute atomic E-state index is 9.90. The lowest BCUT2D eigenvalue weighted by molar-refractivity contribution is 0.481. The van der Waals surface area contributed by atoms with Crippen LogP contribution in [0.4, 0.5) is 0 Å². The molecule has 2 heterocycles. The number of benzene rings is 1. The highest BCUT2D eigenvalue weighted by atomic mass is 16.3. The van der Waals surface area contributed by atoms with Crippen LogP contribution in [0.15, 0.2) is 36.5 Å². The Hall–Kier alpha value is -2.16. The number of pyridine rings is 2. The summed E-state index contributed by atoms with van der Waals surface area (Å²) in [6, 6.07) is 9.37. The molecule has 0 fully saturated rings. The van der Waals surface area contributed by atoms with Gasteiger partial charge in [0.25, 0.3) is 0 Å². The van der Waals surface area contributed by atoms with Crippen molar-refractivity contribution in [1.29, 1.82) is 0 Å². The molecule has 2 aromatic heterocycles. The molecule has 1 aromatic carbocycles. The summed E-state index contributed by atoms with van der Waals surface area (Å²) in [7, 11) is 0. The molecule has 0 aliphatic carbocycles. The highest BCUT2D eigenvalue weighted by molar-refractivity contribution is 6.06. The number of aromatic hydroxyl groups is 1. The summed E-state index contributed by atoms with van der Waals surface area (Å²) >= 11 is 0. The fourth-order valence-corrected chi connectivity index (χ4v) is 1.92. The quantitative estimate of drug-likeness (QED) is 0.580. The molecule has 0 aliphatic rings. The lowest BCUT2D eigenvalue weighted by Gasteiger charge is -2.05. The third-order valence-electron chi connectivity index (χ3n) is 2.66. The molecular formula is C13H10N2O. The molecule has 78 valence electrons. The summed E-state index contributed by atoms with van der Waals surface area (Å²) in [5.41, 5.74) is 2.38. The lowest BCUT2D eigenvalue weighted by Crippen LogP contribution is -1.87. The maximum Gasteiger partial charge on any atom is 0.142 e. The van der Waals surface area contributed by atoms with E-state index in [0.29, 0.717) is 5.52 Å². The average Bonchev–Trinajstić information content (AvgIpc) is 2.29. The molecule has 0 amide bonds. The van der Waals surface area contributed by atoms with E-state index in [1.54, 1.807) is 12.3 Å². The van der Waals surface area contributed by atoms with Crippen molar-refractivity contribution in [2.45, 2.75) is 6.92 Å². The second-order valence-corrected chi connectivity index (χ2v) is 3.82. The van der Waals surface area contributed by atoms with E-state index < -0.39 is 0 Å². The number of aryl methyl sites for hydroxylation is 1. The molecule has 0 spiro atoms. The summed E-state index contributed by atoms with van der Waals surface area (Å²) in [5, 5.41) is 11.7. The van der Waals surface area contributed by atoms with Crippen LogP contribution in [-0.2, 0) is 0 Å². The van der Waals surface area contributed by atoms with Crippen LogP contribution >= 0.6 is 0 Å². The zero-order chi connectivity index (χ0) is 11.1. The minimum Gasteiger partial charge on any atom is -0.506 e. The SMILES string of the molecule is Cc1ccc2c(n1)c(O)cc1cccnc12. The van der Waals surface area contributed by atoms with E-state index in [2.05, 4.69) is 9.97 Å². The van der Waals surface area contributed by atoms with Crippen molar-refractivity contribution in [2.75, 3.05) is 0 Å². The van der Waals surface area contributed by atoms with Gasteiger partial charge in [-0.1, -0.05) is 6.07 Å². The maximum atomic E-state index is 9.90. The van der Waals surface area contributed by atoms with E-state index in [4.69, 9.17) is 0 Å². The zero-order valence-corrected chi connectivity index (χ0v) is 8.81. The smallest absolute Gasteiger partial charge is 0.142 e. The van der Waals surface area contributed by atoms with E-state index in [-0.39, 0.29) is 5.75 Å². The van der Waals surface area contributed by atoms with Crippen LogP contribution in [0.2, 0.25) is 0 Å². The lowest BCUT2D eigenvalue weighted by atomic mass is 10.1. The number of fused-ring (bicyclic) bond motifs is 3. The van der Waals surface area contributed by atoms with Crippen molar-refractivity contribution in [3.63, 3.8) is 0 Å². The first-order valence-corrected chi connectivity index (χ1v) is 5.10. The van der Waals surface area contributed by atoms with Gasteiger partial charge in [-0.25, -0.2) is 4.98 Å². The Balaban J connectivity index is 2.59. The number of rotatable bonds is 0. The van der Waals surface area contributed by atoms with Gasteiger partial charge >= 0.3 is 0 Å². The van der Waals surface area contributed by atoms with Gasteiger partial charge in [-0.2, -0.15) is 0 Å². The van der Waals surface area contributed by atoms with E-state index in [9.17, 15) is 5.11 Å². The van der Waals surface area contributed by atoms with Gasteiger partial charge in [0, 0.05) is 22.7 Å². The predicted molar refractivity (Wildman–Crippen MR) is 63.4 cm³/mol. The number of phenolic OH excluding ortho intramolecular Hbond substituents is 1. The topological polar surface area (TPSA) is 46.0 Å². The van der Waals surface area contributed by atoms with Crippen molar-refractivity contribution in [3.8, 4) is 5.75 Å². The molecule has 0 radical (unpaired) electrons. The second kappa shape index (κ2) is 3.17. The number of phenols is 1. The number of hydrogen-bond donors (Lipinski definition) is 1. The zero-order valence-electron chi connectivity index (χ0n) is 8.81. The third kappa shape index (κ3) is 1.21. The van der Waals surface area contributed by atoms with Gasteiger partial charge in [0.05, 0.1) is 5.52 Å². The van der Waals surface area contributed by atoms with Gasteiger partial charge in [-0.05, 0) is 31.2 Å². The second-order valence-electron chi connectivity index (χ2n) is 3.82. The third-order valence-corrected chi connectivity index (χ3v) is 2.66. The summed E-state index contributed by atoms with van der Waals surface area (Å²) in [5.74, 6) is 0.208. The van der Waals surface area contributed by atoms with Crippen molar-refractivity contribution in [3.05, 3.63) is 42.2 Å². The Labute approximate surface area is 92.4 Å². The van der Waals surface area contributed by atoms with Crippen molar-refractivity contribution >= 4 is 21.8 Å². The minimum absolute atomic E-state index is 0.208. The van der Waals surface area contributed by atoms with Crippen LogP contribution in [0, 0.1) is 6.92 Å². The number of aromatic nitrogens is 2. The molecule has 16 heavy (non-hydrogen) atoms. The highest BCUT2D eigenvalue weighted by Crippen LogP contribution is 2.29. The van der Waals surface area contributed by atoms with Crippen LogP contribution < -0.4 is 0 Å². The number of hydrogen-bond acceptors (Lipinski definition) is 3. The summed E-state index contributed by atoms with van der Waals surface area (Å²) in [6.07, 6.45) is 1.75. The van der Waals surface area contributed by atoms with Crippen LogP contribution in [-0.4, -0.2) is 15.1 Å². The first-order chi connectivity index (χ1) is 7.75. The van der Waals surface area contributed by atoms with Crippen LogP contribution in [0.25, 0.3) is 21.8 Å². The first-order valence-electron chi connectivity index (χ1n) is 5.10. The standard InChI is InChI=1S/C13H10N2O/c1-8-4-5-10-12-9(3-2-6-14-12)7-11(16)13(10)15-8/h2-7,16H,1H3. The van der Waals surface area contributed by atoms with Gasteiger partial charge in [-0.15, -0.1) is 0 Å². The Morgan fingerprint density at radius 1 is 1.12 bits per heavy atom. The van der Waals surface area contributed by atoms with E-state index in [1.807, 2.05) is 31.2 Å². The van der Waals surface area contributed by atoms with Gasteiger partial charge in [-0.3, -0.25) is 4.98 Å². The molecular weight excluding hydrogens is 200 g/mol. The molecule has 1 N–H and O–H groups in total. The summed E-state index contributed by atoms with van der Waals surface area (Å²) < 4.78 is 0. The molecule has 0 saturated heterocycles. The molecule has 0 unspecified atom stereocenters. The van der Waals surface area contributed by atoms with E-state index in [1.165, 1.54) is 0 Å². The van der Waals surface area contributed by atoms with Crippen molar-refractivity contribution in [1.82, 2.24) is 9.97 Å². The first kappa shape index (κ1) is 9.09. The highest BCUT2D eigenvalue weighted by Gasteiger charge is 2.07. The number of nitrogens with zero attached hydrogens (tertiary/aromatic N) is 2.